The molecule has 0 atom stereocenters. The van der Waals surface area contributed by atoms with E-state index in [9.17, 15) is 4.79 Å². The summed E-state index contributed by atoms with van der Waals surface area (Å²) in [6.07, 6.45) is 1.06. The van der Waals surface area contributed by atoms with Crippen molar-refractivity contribution in [1.29, 1.82) is 0 Å². The van der Waals surface area contributed by atoms with Crippen LogP contribution in [0.15, 0.2) is 42.5 Å². The number of nitrogens with one attached hydrogen (secondary N) is 1. The zero-order valence-corrected chi connectivity index (χ0v) is 14.0. The van der Waals surface area contributed by atoms with Crippen LogP contribution in [0.4, 0.5) is 5.69 Å². The lowest BCUT2D eigenvalue weighted by Crippen LogP contribution is -2.34. The van der Waals surface area contributed by atoms with Crippen LogP contribution in [0.25, 0.3) is 0 Å². The smallest absolute Gasteiger partial charge is 0.258 e. The molecule has 5 heteroatoms. The zero-order valence-electron chi connectivity index (χ0n) is 14.0. The number of hydrogen-bond acceptors (Lipinski definition) is 4. The molecule has 5 nitrogen and oxygen atoms in total. The predicted molar refractivity (Wildman–Crippen MR) is 94.2 cm³/mol. The summed E-state index contributed by atoms with van der Waals surface area (Å²) in [6.45, 7) is 2.34. The number of hydrogen-bond donors (Lipinski definition) is 1. The lowest BCUT2D eigenvalue weighted by molar-refractivity contribution is 0.0948. The van der Waals surface area contributed by atoms with Gasteiger partial charge in [0.05, 0.1) is 14.2 Å². The number of rotatable bonds is 6. The highest BCUT2D eigenvalue weighted by atomic mass is 16.5. The molecule has 0 aliphatic carbocycles. The minimum Gasteiger partial charge on any atom is -0.496 e. The maximum Gasteiger partial charge on any atom is 0.258 e. The molecule has 0 aromatic heterocycles. The molecule has 0 saturated heterocycles. The van der Waals surface area contributed by atoms with Crippen molar-refractivity contribution in [3.05, 3.63) is 53.6 Å². The quantitative estimate of drug-likeness (QED) is 0.886. The fraction of sp³-hybridized carbons (Fsp3) is 0.316. The van der Waals surface area contributed by atoms with E-state index in [1.54, 1.807) is 32.4 Å². The maximum absolute atomic E-state index is 12.5. The van der Waals surface area contributed by atoms with Gasteiger partial charge in [0.25, 0.3) is 5.91 Å². The molecule has 3 rings (SSSR count). The number of nitrogens with zero attached hydrogens (tertiary/aromatic N) is 1. The normalized spacial score (nSPS) is 12.7. The van der Waals surface area contributed by atoms with E-state index >= 15 is 0 Å². The molecule has 1 aliphatic rings. The highest BCUT2D eigenvalue weighted by molar-refractivity contribution is 5.99. The summed E-state index contributed by atoms with van der Waals surface area (Å²) >= 11 is 0. The van der Waals surface area contributed by atoms with E-state index < -0.39 is 0 Å². The summed E-state index contributed by atoms with van der Waals surface area (Å²) in [5, 5.41) is 2.97. The molecule has 0 unspecified atom stereocenters. The Hall–Kier alpha value is -2.69. The van der Waals surface area contributed by atoms with E-state index in [0.717, 1.165) is 19.5 Å². The number of methoxy groups -OCH3 is 2. The SMILES string of the molecule is COc1cccc(OC)c1C(=O)NCCN1CCc2ccccc21. The van der Waals surface area contributed by atoms with E-state index in [1.807, 2.05) is 0 Å². The van der Waals surface area contributed by atoms with Crippen molar-refractivity contribution >= 4 is 11.6 Å². The predicted octanol–water partition coefficient (Wildman–Crippen LogP) is 2.50. The molecule has 0 radical (unpaired) electrons. The number of anilines is 1. The summed E-state index contributed by atoms with van der Waals surface area (Å²) in [5.41, 5.74) is 3.07. The number of ether oxygens (including phenoxy) is 2. The van der Waals surface area contributed by atoms with E-state index in [-0.39, 0.29) is 5.91 Å². The molecule has 2 aromatic carbocycles. The summed E-state index contributed by atoms with van der Waals surface area (Å²) in [4.78, 5) is 14.8. The Balaban J connectivity index is 1.63. The number of fused-ring (bicyclic) bond motifs is 1. The van der Waals surface area contributed by atoms with Crippen LogP contribution in [0.1, 0.15) is 15.9 Å². The molecule has 1 aliphatic heterocycles. The fourth-order valence-corrected chi connectivity index (χ4v) is 3.11. The van der Waals surface area contributed by atoms with Gasteiger partial charge in [0.2, 0.25) is 0 Å². The zero-order chi connectivity index (χ0) is 16.9. The summed E-state index contributed by atoms with van der Waals surface area (Å²) < 4.78 is 10.6. The lowest BCUT2D eigenvalue weighted by Gasteiger charge is -2.20. The van der Waals surface area contributed by atoms with Gasteiger partial charge in [-0.25, -0.2) is 0 Å². The van der Waals surface area contributed by atoms with Crippen molar-refractivity contribution < 1.29 is 14.3 Å². The van der Waals surface area contributed by atoms with Crippen LogP contribution in [-0.2, 0) is 6.42 Å². The van der Waals surface area contributed by atoms with Crippen LogP contribution in [0.2, 0.25) is 0 Å². The third kappa shape index (κ3) is 3.15. The second-order valence-electron chi connectivity index (χ2n) is 5.66. The summed E-state index contributed by atoms with van der Waals surface area (Å²) in [7, 11) is 3.10. The van der Waals surface area contributed by atoms with Crippen LogP contribution >= 0.6 is 0 Å². The third-order valence-corrected chi connectivity index (χ3v) is 4.31. The second-order valence-corrected chi connectivity index (χ2v) is 5.66. The first kappa shape index (κ1) is 16.2. The molecule has 2 aromatic rings. The Morgan fingerprint density at radius 3 is 2.50 bits per heavy atom. The first-order valence-electron chi connectivity index (χ1n) is 8.06. The minimum absolute atomic E-state index is 0.184. The Morgan fingerprint density at radius 1 is 1.08 bits per heavy atom. The van der Waals surface area contributed by atoms with E-state index in [2.05, 4.69) is 34.5 Å². The molecule has 0 spiro atoms. The first-order valence-corrected chi connectivity index (χ1v) is 8.06. The summed E-state index contributed by atoms with van der Waals surface area (Å²) in [5.74, 6) is 0.841. The number of carbonyl (C=O) groups is 1. The molecule has 1 N–H and O–H groups in total. The van der Waals surface area contributed by atoms with Gasteiger partial charge >= 0.3 is 0 Å². The van der Waals surface area contributed by atoms with Gasteiger partial charge in [-0.05, 0) is 30.2 Å². The molecular weight excluding hydrogens is 304 g/mol. The molecule has 0 bridgehead atoms. The molecule has 1 heterocycles. The minimum atomic E-state index is -0.184. The van der Waals surface area contributed by atoms with Crippen LogP contribution in [0.3, 0.4) is 0 Å². The van der Waals surface area contributed by atoms with Crippen LogP contribution in [0, 0.1) is 0 Å². The van der Waals surface area contributed by atoms with Crippen molar-refractivity contribution in [2.75, 3.05) is 38.8 Å². The molecule has 24 heavy (non-hydrogen) atoms. The van der Waals surface area contributed by atoms with Gasteiger partial charge in [-0.2, -0.15) is 0 Å². The Morgan fingerprint density at radius 2 is 1.79 bits per heavy atom. The average Bonchev–Trinajstić information content (AvgIpc) is 3.04. The van der Waals surface area contributed by atoms with Crippen molar-refractivity contribution in [3.63, 3.8) is 0 Å². The van der Waals surface area contributed by atoms with Crippen molar-refractivity contribution in [3.8, 4) is 11.5 Å². The Kier molecular flexibility index (Phi) is 4.89. The van der Waals surface area contributed by atoms with Crippen molar-refractivity contribution in [2.24, 2.45) is 0 Å². The maximum atomic E-state index is 12.5. The molecule has 126 valence electrons. The van der Waals surface area contributed by atoms with Gasteiger partial charge in [0, 0.05) is 25.3 Å². The lowest BCUT2D eigenvalue weighted by atomic mass is 10.1. The molecule has 0 fully saturated rings. The van der Waals surface area contributed by atoms with E-state index in [1.165, 1.54) is 11.3 Å². The number of amides is 1. The van der Waals surface area contributed by atoms with Crippen molar-refractivity contribution in [2.45, 2.75) is 6.42 Å². The fourth-order valence-electron chi connectivity index (χ4n) is 3.11. The molecular formula is C19H22N2O3. The van der Waals surface area contributed by atoms with Gasteiger partial charge in [-0.15, -0.1) is 0 Å². The van der Waals surface area contributed by atoms with Gasteiger partial charge in [0.15, 0.2) is 0 Å². The highest BCUT2D eigenvalue weighted by Gasteiger charge is 2.20. The van der Waals surface area contributed by atoms with Crippen LogP contribution in [-0.4, -0.2) is 39.8 Å². The van der Waals surface area contributed by atoms with Crippen molar-refractivity contribution in [1.82, 2.24) is 5.32 Å². The van der Waals surface area contributed by atoms with Gasteiger partial charge in [-0.3, -0.25) is 4.79 Å². The topological polar surface area (TPSA) is 50.8 Å². The monoisotopic (exact) mass is 326 g/mol. The molecule has 0 saturated carbocycles. The van der Waals surface area contributed by atoms with E-state index in [4.69, 9.17) is 9.47 Å². The number of benzene rings is 2. The Bertz CT molecular complexity index is 708. The Labute approximate surface area is 142 Å². The highest BCUT2D eigenvalue weighted by Crippen LogP contribution is 2.28. The largest absolute Gasteiger partial charge is 0.496 e. The standard InChI is InChI=1S/C19H22N2O3/c1-23-16-8-5-9-17(24-2)18(16)19(22)20-11-13-21-12-10-14-6-3-4-7-15(14)21/h3-9H,10-13H2,1-2H3,(H,20,22). The van der Waals surface area contributed by atoms with Gasteiger partial charge in [-0.1, -0.05) is 24.3 Å². The number of para-hydroxylation sites is 1. The number of carbonyl (C=O) groups excluding carboxylic acids is 1. The van der Waals surface area contributed by atoms with E-state index in [0.29, 0.717) is 23.6 Å². The van der Waals surface area contributed by atoms with Gasteiger partial charge < -0.3 is 19.7 Å². The third-order valence-electron chi connectivity index (χ3n) is 4.31. The second kappa shape index (κ2) is 7.25. The van der Waals surface area contributed by atoms with Gasteiger partial charge in [0.1, 0.15) is 17.1 Å². The summed E-state index contributed by atoms with van der Waals surface area (Å²) in [6, 6.07) is 13.7. The average molecular weight is 326 g/mol. The molecule has 1 amide bonds. The van der Waals surface area contributed by atoms with Crippen LogP contribution in [0.5, 0.6) is 11.5 Å². The first-order chi connectivity index (χ1) is 11.7. The van der Waals surface area contributed by atoms with Crippen LogP contribution < -0.4 is 19.7 Å².